The van der Waals surface area contributed by atoms with E-state index < -0.39 is 0 Å². The van der Waals surface area contributed by atoms with Crippen LogP contribution in [0.4, 0.5) is 0 Å². The molecule has 6 nitrogen and oxygen atoms in total. The first-order valence-electron chi connectivity index (χ1n) is 15.3. The summed E-state index contributed by atoms with van der Waals surface area (Å²) < 4.78 is 2.14. The Hall–Kier alpha value is -3.54. The molecule has 2 fully saturated rings. The van der Waals surface area contributed by atoms with E-state index in [0.29, 0.717) is 0 Å². The van der Waals surface area contributed by atoms with E-state index in [1.165, 1.54) is 22.2 Å². The van der Waals surface area contributed by atoms with Crippen molar-refractivity contribution in [2.75, 3.05) is 19.6 Å². The molecule has 0 bridgehead atoms. The highest BCUT2D eigenvalue weighted by Gasteiger charge is 2.37. The summed E-state index contributed by atoms with van der Waals surface area (Å²) in [6, 6.07) is 11.0. The number of aliphatic imine (C=N–C) groups is 2. The third kappa shape index (κ3) is 6.74. The maximum atomic E-state index is 8.07. The molecule has 1 saturated heterocycles. The predicted molar refractivity (Wildman–Crippen MR) is 179 cm³/mol. The van der Waals surface area contributed by atoms with E-state index in [1.54, 1.807) is 0 Å². The van der Waals surface area contributed by atoms with Crippen molar-refractivity contribution in [3.8, 4) is 0 Å². The summed E-state index contributed by atoms with van der Waals surface area (Å²) >= 11 is 0. The zero-order chi connectivity index (χ0) is 29.0. The van der Waals surface area contributed by atoms with Gasteiger partial charge >= 0.3 is 0 Å². The molecule has 4 aliphatic rings. The van der Waals surface area contributed by atoms with Gasteiger partial charge in [0.25, 0.3) is 0 Å². The molecule has 2 aliphatic heterocycles. The molecule has 3 heterocycles. The fourth-order valence-corrected chi connectivity index (χ4v) is 6.75. The Morgan fingerprint density at radius 2 is 1.76 bits per heavy atom. The molecule has 2 aromatic rings. The van der Waals surface area contributed by atoms with Crippen molar-refractivity contribution in [2.24, 2.45) is 17.0 Å². The summed E-state index contributed by atoms with van der Waals surface area (Å²) in [4.78, 5) is 16.4. The number of aromatic nitrogens is 2. The van der Waals surface area contributed by atoms with Gasteiger partial charge in [-0.25, -0.2) is 4.98 Å². The van der Waals surface area contributed by atoms with E-state index in [2.05, 4.69) is 89.4 Å². The van der Waals surface area contributed by atoms with Crippen LogP contribution in [0, 0.1) is 12.3 Å². The molecule has 2 aliphatic carbocycles. The van der Waals surface area contributed by atoms with Gasteiger partial charge in [0.2, 0.25) is 0 Å². The van der Waals surface area contributed by atoms with Crippen molar-refractivity contribution >= 4 is 29.3 Å². The Bertz CT molecular complexity index is 1510. The molecule has 224 valence electrons. The normalized spacial score (nSPS) is 20.2. The number of piperidine rings is 1. The van der Waals surface area contributed by atoms with Crippen LogP contribution in [0.5, 0.6) is 0 Å². The zero-order valence-corrected chi connectivity index (χ0v) is 25.5. The topological polar surface area (TPSA) is 69.6 Å². The fourth-order valence-electron chi connectivity index (χ4n) is 6.75. The van der Waals surface area contributed by atoms with Crippen LogP contribution in [0.3, 0.4) is 0 Å². The Kier molecular flexibility index (Phi) is 10.2. The molecular weight excluding hydrogens is 516 g/mol. The molecule has 0 unspecified atom stereocenters. The number of imidazole rings is 1. The van der Waals surface area contributed by atoms with Crippen LogP contribution >= 0.6 is 0 Å². The second-order valence-corrected chi connectivity index (χ2v) is 12.1. The van der Waals surface area contributed by atoms with Gasteiger partial charge < -0.3 is 14.9 Å². The number of fused-ring (bicyclic) bond motifs is 1. The molecule has 1 N–H and O–H groups in total. The van der Waals surface area contributed by atoms with Crippen LogP contribution in [-0.4, -0.2) is 51.2 Å². The molecule has 1 saturated carbocycles. The number of allylic oxidation sites excluding steroid dienone is 2. The summed E-state index contributed by atoms with van der Waals surface area (Å²) in [6.45, 7) is 13.6. The van der Waals surface area contributed by atoms with Gasteiger partial charge in [-0.3, -0.25) is 9.98 Å². The van der Waals surface area contributed by atoms with E-state index in [9.17, 15) is 0 Å². The second kappa shape index (κ2) is 13.6. The average Bonchev–Trinajstić information content (AvgIpc) is 3.65. The highest BCUT2D eigenvalue weighted by atomic mass is 15.1. The van der Waals surface area contributed by atoms with Gasteiger partial charge in [0.1, 0.15) is 5.82 Å². The summed E-state index contributed by atoms with van der Waals surface area (Å²) in [5.41, 5.74) is 8.19. The number of rotatable bonds is 6. The molecule has 0 amide bonds. The lowest BCUT2D eigenvalue weighted by molar-refractivity contribution is 0.188. The lowest BCUT2D eigenvalue weighted by atomic mass is 9.70. The molecule has 1 aromatic heterocycles. The van der Waals surface area contributed by atoms with Crippen molar-refractivity contribution in [3.63, 3.8) is 0 Å². The fraction of sp³-hybridized carbons (Fsp3) is 0.500. The minimum absolute atomic E-state index is 0. The molecule has 6 rings (SSSR count). The Balaban J connectivity index is 0.000000282. The standard InChI is InChI=1S/C26H34N4.C9H12N2.CH4/c1-19-18-23(20(2)29-19)21(3)30-16-13-26(14-17-30,22-8-5-4-6-9-22)12-15-28-25-11-7-10-24(25)27;1-7-10-8-5-3-4-6-9(8)11(7)2;/h4-6,8-9,27H,3,7,10-18H2,1-2H3;5-6H,3-4H2,1-2H3;1H4. The minimum Gasteiger partial charge on any atom is -0.372 e. The SMILES string of the molecule is C.C=C(C1=C(C)N=C(C)C1)N1CCC(CCN=C2CCCC2=N)(c2ccccc2)CC1.Cc1nc2c(n1C)=CCCC=2. The number of aryl methyl sites for hydroxylation is 1. The Morgan fingerprint density at radius 3 is 2.38 bits per heavy atom. The van der Waals surface area contributed by atoms with E-state index in [4.69, 9.17) is 10.4 Å². The van der Waals surface area contributed by atoms with Crippen LogP contribution in [0.1, 0.15) is 90.4 Å². The maximum Gasteiger partial charge on any atom is 0.106 e. The van der Waals surface area contributed by atoms with E-state index in [1.807, 2.05) is 6.92 Å². The molecule has 0 atom stereocenters. The molecule has 1 aromatic carbocycles. The smallest absolute Gasteiger partial charge is 0.106 e. The summed E-state index contributed by atoms with van der Waals surface area (Å²) in [5.74, 6) is 1.10. The molecule has 0 spiro atoms. The van der Waals surface area contributed by atoms with Crippen LogP contribution in [0.2, 0.25) is 0 Å². The van der Waals surface area contributed by atoms with Gasteiger partial charge in [-0.1, -0.05) is 56.5 Å². The number of nitrogens with zero attached hydrogens (tertiary/aromatic N) is 5. The molecule has 42 heavy (non-hydrogen) atoms. The van der Waals surface area contributed by atoms with Crippen molar-refractivity contribution in [2.45, 2.75) is 91.4 Å². The van der Waals surface area contributed by atoms with Gasteiger partial charge in [0.05, 0.1) is 22.1 Å². The lowest BCUT2D eigenvalue weighted by Gasteiger charge is -2.44. The van der Waals surface area contributed by atoms with Crippen molar-refractivity contribution < 1.29 is 0 Å². The summed E-state index contributed by atoms with van der Waals surface area (Å²) in [7, 11) is 2.07. The number of benzene rings is 1. The van der Waals surface area contributed by atoms with E-state index in [-0.39, 0.29) is 12.8 Å². The quantitative estimate of drug-likeness (QED) is 0.438. The van der Waals surface area contributed by atoms with Gasteiger partial charge in [0.15, 0.2) is 0 Å². The van der Waals surface area contributed by atoms with Crippen molar-refractivity contribution in [1.82, 2.24) is 14.5 Å². The van der Waals surface area contributed by atoms with Crippen LogP contribution in [0.15, 0.2) is 63.9 Å². The summed E-state index contributed by atoms with van der Waals surface area (Å²) in [5, 5.41) is 10.5. The largest absolute Gasteiger partial charge is 0.372 e. The minimum atomic E-state index is 0. The van der Waals surface area contributed by atoms with Gasteiger partial charge in [-0.05, 0) is 77.7 Å². The molecule has 0 radical (unpaired) electrons. The van der Waals surface area contributed by atoms with Gasteiger partial charge in [-0.2, -0.15) is 0 Å². The Morgan fingerprint density at radius 1 is 1.05 bits per heavy atom. The van der Waals surface area contributed by atoms with E-state index in [0.717, 1.165) is 111 Å². The van der Waals surface area contributed by atoms with Crippen LogP contribution in [-0.2, 0) is 12.5 Å². The number of hydrogen-bond acceptors (Lipinski definition) is 5. The van der Waals surface area contributed by atoms with Crippen molar-refractivity contribution in [1.29, 1.82) is 5.41 Å². The average molecular weight is 567 g/mol. The predicted octanol–water partition coefficient (Wildman–Crippen LogP) is 6.43. The monoisotopic (exact) mass is 566 g/mol. The first-order chi connectivity index (χ1) is 19.8. The lowest BCUT2D eigenvalue weighted by Crippen LogP contribution is -2.42. The second-order valence-electron chi connectivity index (χ2n) is 12.1. The number of nitrogens with one attached hydrogen (secondary N) is 1. The maximum absolute atomic E-state index is 8.07. The van der Waals surface area contributed by atoms with Gasteiger partial charge in [-0.15, -0.1) is 0 Å². The first kappa shape index (κ1) is 31.4. The van der Waals surface area contributed by atoms with E-state index >= 15 is 0 Å². The number of hydrogen-bond donors (Lipinski definition) is 1. The third-order valence-electron chi connectivity index (χ3n) is 9.38. The number of likely N-dealkylation sites (tertiary alicyclic amines) is 1. The summed E-state index contributed by atoms with van der Waals surface area (Å²) in [6.07, 6.45) is 14.0. The molecule has 6 heteroatoms. The third-order valence-corrected chi connectivity index (χ3v) is 9.38. The Labute approximate surface area is 252 Å². The van der Waals surface area contributed by atoms with Crippen LogP contribution < -0.4 is 10.7 Å². The van der Waals surface area contributed by atoms with Crippen LogP contribution in [0.25, 0.3) is 12.2 Å². The first-order valence-corrected chi connectivity index (χ1v) is 15.3. The molecular formula is C36H50N6. The van der Waals surface area contributed by atoms with Gasteiger partial charge in [0, 0.05) is 61.2 Å². The highest BCUT2D eigenvalue weighted by Crippen LogP contribution is 2.41. The zero-order valence-electron chi connectivity index (χ0n) is 25.5. The highest BCUT2D eigenvalue weighted by molar-refractivity contribution is 6.42. The van der Waals surface area contributed by atoms with Crippen molar-refractivity contribution in [3.05, 3.63) is 76.0 Å².